The Hall–Kier alpha value is -1.87. The van der Waals surface area contributed by atoms with Crippen molar-refractivity contribution in [2.24, 2.45) is 5.92 Å². The third-order valence-electron chi connectivity index (χ3n) is 5.01. The molecule has 0 N–H and O–H groups in total. The molecule has 9 heteroatoms. The fourth-order valence-electron chi connectivity index (χ4n) is 3.44. The monoisotopic (exact) mass is 418 g/mol. The number of methoxy groups -OCH3 is 1. The lowest BCUT2D eigenvalue weighted by Crippen LogP contribution is -2.52. The molecule has 1 aliphatic heterocycles. The number of nitrogens with zero attached hydrogens (tertiary/aromatic N) is 2. The summed E-state index contributed by atoms with van der Waals surface area (Å²) >= 11 is 0. The van der Waals surface area contributed by atoms with Crippen molar-refractivity contribution in [1.82, 2.24) is 9.47 Å². The first-order valence-corrected chi connectivity index (χ1v) is 9.80. The van der Waals surface area contributed by atoms with Crippen molar-refractivity contribution < 1.29 is 27.4 Å². The number of halogens is 3. The summed E-state index contributed by atoms with van der Waals surface area (Å²) in [6.07, 6.45) is -2.95. The van der Waals surface area contributed by atoms with Crippen LogP contribution in [0.2, 0.25) is 0 Å². The number of carbonyl (C=O) groups is 1. The van der Waals surface area contributed by atoms with Crippen LogP contribution in [0.1, 0.15) is 44.4 Å². The summed E-state index contributed by atoms with van der Waals surface area (Å²) in [7, 11) is 1.60. The maximum Gasteiger partial charge on any atom is 0.416 e. The highest BCUT2D eigenvalue weighted by Crippen LogP contribution is 2.32. The second kappa shape index (κ2) is 9.75. The zero-order valence-corrected chi connectivity index (χ0v) is 17.3. The van der Waals surface area contributed by atoms with Crippen LogP contribution in [0.15, 0.2) is 17.1 Å². The number of aromatic nitrogens is 1. The van der Waals surface area contributed by atoms with Crippen molar-refractivity contribution in [3.05, 3.63) is 33.7 Å². The van der Waals surface area contributed by atoms with Gasteiger partial charge in [-0.2, -0.15) is 13.2 Å². The molecule has 0 spiro atoms. The second-order valence-electron chi connectivity index (χ2n) is 7.72. The van der Waals surface area contributed by atoms with Crippen LogP contribution in [0.25, 0.3) is 0 Å². The number of pyridine rings is 1. The first-order chi connectivity index (χ1) is 13.6. The van der Waals surface area contributed by atoms with Crippen LogP contribution in [0.3, 0.4) is 0 Å². The molecule has 1 unspecified atom stereocenters. The Morgan fingerprint density at radius 1 is 1.31 bits per heavy atom. The highest BCUT2D eigenvalue weighted by molar-refractivity contribution is 5.74. The smallest absolute Gasteiger partial charge is 0.416 e. The van der Waals surface area contributed by atoms with Crippen molar-refractivity contribution in [2.75, 3.05) is 33.4 Å². The Labute approximate surface area is 168 Å². The van der Waals surface area contributed by atoms with E-state index >= 15 is 0 Å². The van der Waals surface area contributed by atoms with Crippen molar-refractivity contribution in [3.63, 3.8) is 0 Å². The van der Waals surface area contributed by atoms with Gasteiger partial charge in [-0.25, -0.2) is 4.79 Å². The normalized spacial score (nSPS) is 16.7. The Bertz CT molecular complexity index is 755. The lowest BCUT2D eigenvalue weighted by molar-refractivity contribution is -0.147. The van der Waals surface area contributed by atoms with Gasteiger partial charge in [0.15, 0.2) is 0 Å². The van der Waals surface area contributed by atoms with Crippen LogP contribution >= 0.6 is 0 Å². The van der Waals surface area contributed by atoms with E-state index in [1.165, 1.54) is 6.20 Å². The first kappa shape index (κ1) is 23.4. The number of alkyl halides is 3. The van der Waals surface area contributed by atoms with Crippen LogP contribution in [0.5, 0.6) is 0 Å². The Balaban J connectivity index is 2.36. The minimum Gasteiger partial charge on any atom is -0.464 e. The molecular weight excluding hydrogens is 389 g/mol. The fourth-order valence-corrected chi connectivity index (χ4v) is 3.44. The van der Waals surface area contributed by atoms with Gasteiger partial charge >= 0.3 is 12.1 Å². The van der Waals surface area contributed by atoms with E-state index in [9.17, 15) is 22.8 Å². The van der Waals surface area contributed by atoms with Gasteiger partial charge in [0.25, 0.3) is 5.56 Å². The Morgan fingerprint density at radius 2 is 1.97 bits per heavy atom. The first-order valence-electron chi connectivity index (χ1n) is 9.80. The molecule has 0 amide bonds. The van der Waals surface area contributed by atoms with Crippen LogP contribution in [-0.2, 0) is 26.9 Å². The summed E-state index contributed by atoms with van der Waals surface area (Å²) in [6.45, 7) is 7.26. The van der Waals surface area contributed by atoms with E-state index in [0.29, 0.717) is 32.1 Å². The SMILES string of the molecule is CCOC(=O)C(CC(C)C)n1cc(CCN2CC(OC)C2)c(C(F)(F)F)cc1=O. The Morgan fingerprint density at radius 3 is 2.48 bits per heavy atom. The van der Waals surface area contributed by atoms with E-state index in [4.69, 9.17) is 9.47 Å². The molecule has 164 valence electrons. The zero-order chi connectivity index (χ0) is 21.8. The predicted octanol–water partition coefficient (Wildman–Crippen LogP) is 2.89. The average molecular weight is 418 g/mol. The lowest BCUT2D eigenvalue weighted by atomic mass is 10.0. The topological polar surface area (TPSA) is 60.8 Å². The number of rotatable bonds is 9. The van der Waals surface area contributed by atoms with Crippen molar-refractivity contribution in [1.29, 1.82) is 0 Å². The Kier molecular flexibility index (Phi) is 7.87. The average Bonchev–Trinajstić information content (AvgIpc) is 2.58. The number of likely N-dealkylation sites (tertiary alicyclic amines) is 1. The molecule has 1 aromatic heterocycles. The van der Waals surface area contributed by atoms with E-state index in [1.54, 1.807) is 14.0 Å². The van der Waals surface area contributed by atoms with E-state index in [2.05, 4.69) is 0 Å². The molecule has 0 saturated carbocycles. The van der Waals surface area contributed by atoms with Crippen molar-refractivity contribution in [3.8, 4) is 0 Å². The predicted molar refractivity (Wildman–Crippen MR) is 102 cm³/mol. The fraction of sp³-hybridized carbons (Fsp3) is 0.700. The molecule has 2 rings (SSSR count). The van der Waals surface area contributed by atoms with Gasteiger partial charge < -0.3 is 14.0 Å². The van der Waals surface area contributed by atoms with Gasteiger partial charge in [0.2, 0.25) is 0 Å². The number of hydrogen-bond acceptors (Lipinski definition) is 5. The molecule has 2 heterocycles. The number of ether oxygens (including phenoxy) is 2. The summed E-state index contributed by atoms with van der Waals surface area (Å²) in [4.78, 5) is 26.9. The number of esters is 1. The number of carbonyl (C=O) groups excluding carboxylic acids is 1. The molecule has 6 nitrogen and oxygen atoms in total. The molecule has 1 aliphatic rings. The molecule has 1 atom stereocenters. The van der Waals surface area contributed by atoms with E-state index in [0.717, 1.165) is 4.57 Å². The molecule has 0 bridgehead atoms. The summed E-state index contributed by atoms with van der Waals surface area (Å²) in [6, 6.07) is -0.360. The largest absolute Gasteiger partial charge is 0.464 e. The standard InChI is InChI=1S/C20H29F3N2O4/c1-5-29-19(27)17(8-13(2)3)25-10-14(6-7-24-11-15(12-24)28-4)16(9-18(25)26)20(21,22)23/h9-10,13,15,17H,5-8,11-12H2,1-4H3. The maximum absolute atomic E-state index is 13.5. The van der Waals surface area contributed by atoms with E-state index in [-0.39, 0.29) is 30.6 Å². The maximum atomic E-state index is 13.5. The van der Waals surface area contributed by atoms with E-state index < -0.39 is 29.3 Å². The van der Waals surface area contributed by atoms with Gasteiger partial charge in [0, 0.05) is 39.0 Å². The molecule has 29 heavy (non-hydrogen) atoms. The van der Waals surface area contributed by atoms with Gasteiger partial charge in [-0.1, -0.05) is 13.8 Å². The quantitative estimate of drug-likeness (QED) is 0.577. The summed E-state index contributed by atoms with van der Waals surface area (Å²) in [5.74, 6) is -0.561. The van der Waals surface area contributed by atoms with Gasteiger partial charge in [-0.3, -0.25) is 9.69 Å². The minimum absolute atomic E-state index is 0.00368. The molecule has 1 saturated heterocycles. The molecule has 0 aromatic carbocycles. The van der Waals surface area contributed by atoms with Crippen LogP contribution in [-0.4, -0.2) is 54.9 Å². The minimum atomic E-state index is -4.64. The van der Waals surface area contributed by atoms with Gasteiger partial charge in [-0.05, 0) is 31.2 Å². The molecule has 0 radical (unpaired) electrons. The summed E-state index contributed by atoms with van der Waals surface area (Å²) in [5, 5.41) is 0. The molecule has 0 aliphatic carbocycles. The van der Waals surface area contributed by atoms with Crippen LogP contribution < -0.4 is 5.56 Å². The third kappa shape index (κ3) is 6.05. The highest BCUT2D eigenvalue weighted by atomic mass is 19.4. The number of hydrogen-bond donors (Lipinski definition) is 0. The third-order valence-corrected chi connectivity index (χ3v) is 5.01. The molecular formula is C20H29F3N2O4. The highest BCUT2D eigenvalue weighted by Gasteiger charge is 2.36. The summed E-state index contributed by atoms with van der Waals surface area (Å²) in [5.41, 5.74) is -1.81. The second-order valence-corrected chi connectivity index (χ2v) is 7.72. The lowest BCUT2D eigenvalue weighted by Gasteiger charge is -2.38. The summed E-state index contributed by atoms with van der Waals surface area (Å²) < 4.78 is 51.9. The van der Waals surface area contributed by atoms with Gasteiger partial charge in [0.05, 0.1) is 18.3 Å². The van der Waals surface area contributed by atoms with Crippen LogP contribution in [0.4, 0.5) is 13.2 Å². The molecule has 1 fully saturated rings. The van der Waals surface area contributed by atoms with Crippen molar-refractivity contribution in [2.45, 2.75) is 51.9 Å². The van der Waals surface area contributed by atoms with Crippen LogP contribution in [0, 0.1) is 5.92 Å². The van der Waals surface area contributed by atoms with Gasteiger partial charge in [0.1, 0.15) is 6.04 Å². The van der Waals surface area contributed by atoms with Gasteiger partial charge in [-0.15, -0.1) is 0 Å². The van der Waals surface area contributed by atoms with Crippen molar-refractivity contribution >= 4 is 5.97 Å². The van der Waals surface area contributed by atoms with E-state index in [1.807, 2.05) is 18.7 Å². The molecule has 1 aromatic rings. The zero-order valence-electron chi connectivity index (χ0n) is 17.3.